The van der Waals surface area contributed by atoms with Crippen LogP contribution in [0.3, 0.4) is 0 Å². The average Bonchev–Trinajstić information content (AvgIpc) is 2.79. The number of carbonyl (C=O) groups excluding carboxylic acids is 1. The number of esters is 1. The van der Waals surface area contributed by atoms with Crippen LogP contribution in [0.5, 0.6) is 0 Å². The molecule has 0 aliphatic rings. The van der Waals surface area contributed by atoms with E-state index in [4.69, 9.17) is 0 Å². The molecule has 0 aliphatic heterocycles. The fourth-order valence-corrected chi connectivity index (χ4v) is 2.17. The summed E-state index contributed by atoms with van der Waals surface area (Å²) in [5, 5.41) is 0.744. The Bertz CT molecular complexity index is 559. The van der Waals surface area contributed by atoms with Crippen LogP contribution in [0.2, 0.25) is 0 Å². The van der Waals surface area contributed by atoms with Gasteiger partial charge in [0.05, 0.1) is 17.3 Å². The number of nitrogens with zero attached hydrogens (tertiary/aromatic N) is 1. The molecule has 0 fully saturated rings. The van der Waals surface area contributed by atoms with Crippen LogP contribution in [0.4, 0.5) is 5.13 Å². The molecule has 2 N–H and O–H groups in total. The van der Waals surface area contributed by atoms with Crippen LogP contribution >= 0.6 is 11.3 Å². The molecule has 2 aromatic rings. The number of fused-ring (bicyclic) bond motifs is 1. The van der Waals surface area contributed by atoms with E-state index in [9.17, 15) is 4.79 Å². The smallest absolute Gasteiger partial charge is 0.332 e. The number of hydrazine groups is 1. The molecule has 1 aromatic heterocycles. The van der Waals surface area contributed by atoms with Crippen LogP contribution in [0.15, 0.2) is 36.0 Å². The number of aromatic nitrogens is 1. The van der Waals surface area contributed by atoms with Gasteiger partial charge >= 0.3 is 5.97 Å². The van der Waals surface area contributed by atoms with E-state index in [0.717, 1.165) is 15.3 Å². The van der Waals surface area contributed by atoms with Gasteiger partial charge in [0.15, 0.2) is 0 Å². The third kappa shape index (κ3) is 2.98. The van der Waals surface area contributed by atoms with E-state index < -0.39 is 5.97 Å². The van der Waals surface area contributed by atoms with E-state index in [2.05, 4.69) is 20.6 Å². The molecular formula is C12H13N3O2S. The highest BCUT2D eigenvalue weighted by atomic mass is 32.1. The first kappa shape index (κ1) is 12.4. The molecule has 0 amide bonds. The molecule has 0 atom stereocenters. The molecule has 5 nitrogen and oxygen atoms in total. The maximum Gasteiger partial charge on any atom is 0.332 e. The van der Waals surface area contributed by atoms with Crippen LogP contribution in [0, 0.1) is 0 Å². The van der Waals surface area contributed by atoms with Crippen molar-refractivity contribution >= 4 is 32.7 Å². The van der Waals surface area contributed by atoms with Gasteiger partial charge in [0, 0.05) is 11.8 Å². The first-order valence-corrected chi connectivity index (χ1v) is 6.14. The number of anilines is 1. The Kier molecular flexibility index (Phi) is 3.78. The number of ether oxygens (including phenoxy) is 1. The Hall–Kier alpha value is -2.08. The average molecular weight is 263 g/mol. The van der Waals surface area contributed by atoms with Gasteiger partial charge in [-0.05, 0) is 19.1 Å². The third-order valence-electron chi connectivity index (χ3n) is 2.20. The monoisotopic (exact) mass is 263 g/mol. The lowest BCUT2D eigenvalue weighted by Gasteiger charge is -2.05. The molecule has 18 heavy (non-hydrogen) atoms. The van der Waals surface area contributed by atoms with Crippen LogP contribution in [0.25, 0.3) is 10.2 Å². The Balaban J connectivity index is 2.02. The molecule has 0 saturated heterocycles. The number of thiazole rings is 1. The van der Waals surface area contributed by atoms with Crippen molar-refractivity contribution in [1.82, 2.24) is 10.4 Å². The zero-order valence-corrected chi connectivity index (χ0v) is 10.9. The molecule has 1 heterocycles. The van der Waals surface area contributed by atoms with E-state index in [1.807, 2.05) is 24.3 Å². The van der Waals surface area contributed by atoms with Crippen molar-refractivity contribution in [3.63, 3.8) is 0 Å². The molecule has 0 spiro atoms. The van der Waals surface area contributed by atoms with Crippen LogP contribution in [0.1, 0.15) is 6.92 Å². The summed E-state index contributed by atoms with van der Waals surface area (Å²) >= 11 is 1.54. The van der Waals surface area contributed by atoms with Gasteiger partial charge in [-0.1, -0.05) is 23.5 Å². The van der Waals surface area contributed by atoms with Gasteiger partial charge in [-0.15, -0.1) is 0 Å². The number of rotatable bonds is 4. The van der Waals surface area contributed by atoms with Crippen LogP contribution in [-0.4, -0.2) is 18.1 Å². The second-order valence-electron chi connectivity index (χ2n) is 3.59. The molecular weight excluding hydrogens is 250 g/mol. The third-order valence-corrected chi connectivity index (χ3v) is 3.15. The number of allylic oxidation sites excluding steroid dienone is 1. The predicted octanol–water partition coefficient (Wildman–Crippen LogP) is 2.29. The summed E-state index contributed by atoms with van der Waals surface area (Å²) in [6, 6.07) is 7.88. The second kappa shape index (κ2) is 5.50. The molecule has 0 radical (unpaired) electrons. The van der Waals surface area contributed by atoms with E-state index in [1.54, 1.807) is 6.92 Å². The first-order valence-electron chi connectivity index (χ1n) is 5.33. The summed E-state index contributed by atoms with van der Waals surface area (Å²) in [4.78, 5) is 15.4. The molecule has 1 aromatic carbocycles. The highest BCUT2D eigenvalue weighted by Gasteiger charge is 2.02. The minimum absolute atomic E-state index is 0.397. The van der Waals surface area contributed by atoms with Crippen molar-refractivity contribution in [2.24, 2.45) is 0 Å². The fourth-order valence-electron chi connectivity index (χ4n) is 1.35. The largest absolute Gasteiger partial charge is 0.466 e. The van der Waals surface area contributed by atoms with Crippen molar-refractivity contribution < 1.29 is 9.53 Å². The van der Waals surface area contributed by atoms with Gasteiger partial charge in [-0.25, -0.2) is 9.78 Å². The Labute approximate surface area is 108 Å². The van der Waals surface area contributed by atoms with Gasteiger partial charge < -0.3 is 10.2 Å². The quantitative estimate of drug-likeness (QED) is 0.503. The molecule has 0 aliphatic carbocycles. The number of carbonyl (C=O) groups is 1. The maximum atomic E-state index is 11.0. The molecule has 0 saturated carbocycles. The zero-order chi connectivity index (χ0) is 13.0. The van der Waals surface area contributed by atoms with Crippen LogP contribution < -0.4 is 10.9 Å². The molecule has 0 bridgehead atoms. The number of hydrogen-bond acceptors (Lipinski definition) is 6. The van der Waals surface area contributed by atoms with E-state index in [-0.39, 0.29) is 0 Å². The number of para-hydroxylation sites is 1. The molecule has 6 heteroatoms. The lowest BCUT2D eigenvalue weighted by atomic mass is 10.3. The normalized spacial score (nSPS) is 11.3. The van der Waals surface area contributed by atoms with E-state index >= 15 is 0 Å². The number of nitrogens with one attached hydrogen (secondary N) is 2. The topological polar surface area (TPSA) is 63.2 Å². The highest BCUT2D eigenvalue weighted by Crippen LogP contribution is 2.24. The highest BCUT2D eigenvalue weighted by molar-refractivity contribution is 7.22. The number of hydrogen-bond donors (Lipinski definition) is 2. The van der Waals surface area contributed by atoms with Crippen molar-refractivity contribution in [2.75, 3.05) is 12.5 Å². The van der Waals surface area contributed by atoms with Crippen molar-refractivity contribution in [2.45, 2.75) is 6.92 Å². The molecule has 94 valence electrons. The summed E-state index contributed by atoms with van der Waals surface area (Å²) in [6.45, 7) is 1.76. The summed E-state index contributed by atoms with van der Waals surface area (Å²) in [7, 11) is 1.34. The van der Waals surface area contributed by atoms with Crippen molar-refractivity contribution in [3.8, 4) is 0 Å². The van der Waals surface area contributed by atoms with Gasteiger partial charge in [0.2, 0.25) is 5.13 Å². The maximum absolute atomic E-state index is 11.0. The zero-order valence-electron chi connectivity index (χ0n) is 10.1. The number of benzene rings is 1. The number of methoxy groups -OCH3 is 1. The lowest BCUT2D eigenvalue weighted by molar-refractivity contribution is -0.134. The first-order chi connectivity index (χ1) is 8.69. The Morgan fingerprint density at radius 1 is 1.44 bits per heavy atom. The van der Waals surface area contributed by atoms with Gasteiger partial charge in [0.1, 0.15) is 0 Å². The summed E-state index contributed by atoms with van der Waals surface area (Å²) in [5.74, 6) is -0.397. The summed E-state index contributed by atoms with van der Waals surface area (Å²) in [5.41, 5.74) is 7.43. The summed E-state index contributed by atoms with van der Waals surface area (Å²) in [6.07, 6.45) is 1.36. The SMILES string of the molecule is COC(=O)/C=C(\C)NNc1nc2ccccc2s1. The molecule has 2 rings (SSSR count). The van der Waals surface area contributed by atoms with Crippen molar-refractivity contribution in [1.29, 1.82) is 0 Å². The Morgan fingerprint density at radius 3 is 2.94 bits per heavy atom. The minimum Gasteiger partial charge on any atom is -0.466 e. The fraction of sp³-hybridized carbons (Fsp3) is 0.167. The standard InChI is InChI=1S/C12H13N3O2S/c1-8(7-11(16)17-2)14-15-12-13-9-5-3-4-6-10(9)18-12/h3-7,14H,1-2H3,(H,13,15)/b8-7+. The van der Waals surface area contributed by atoms with Gasteiger partial charge in [0.25, 0.3) is 0 Å². The summed E-state index contributed by atoms with van der Waals surface area (Å²) < 4.78 is 5.63. The lowest BCUT2D eigenvalue weighted by Crippen LogP contribution is -2.20. The van der Waals surface area contributed by atoms with E-state index in [1.165, 1.54) is 24.5 Å². The molecule has 0 unspecified atom stereocenters. The van der Waals surface area contributed by atoms with Gasteiger partial charge in [-0.3, -0.25) is 5.43 Å². The Morgan fingerprint density at radius 2 is 2.22 bits per heavy atom. The van der Waals surface area contributed by atoms with Crippen LogP contribution in [-0.2, 0) is 9.53 Å². The predicted molar refractivity (Wildman–Crippen MR) is 72.2 cm³/mol. The van der Waals surface area contributed by atoms with Gasteiger partial charge in [-0.2, -0.15) is 0 Å². The second-order valence-corrected chi connectivity index (χ2v) is 4.62. The van der Waals surface area contributed by atoms with E-state index in [0.29, 0.717) is 5.70 Å². The minimum atomic E-state index is -0.397. The van der Waals surface area contributed by atoms with Crippen molar-refractivity contribution in [3.05, 3.63) is 36.0 Å².